The Labute approximate surface area is 209 Å². The number of methoxy groups -OCH3 is 1. The summed E-state index contributed by atoms with van der Waals surface area (Å²) in [5, 5.41) is 16.6. The summed E-state index contributed by atoms with van der Waals surface area (Å²) in [5.74, 6) is 0.944. The highest BCUT2D eigenvalue weighted by atomic mass is 16.6. The topological polar surface area (TPSA) is 103 Å². The van der Waals surface area contributed by atoms with Crippen molar-refractivity contribution in [1.29, 1.82) is 0 Å². The van der Waals surface area contributed by atoms with Gasteiger partial charge in [-0.1, -0.05) is 26.0 Å². The number of hydrogen-bond donors (Lipinski definition) is 0. The van der Waals surface area contributed by atoms with Crippen LogP contribution < -0.4 is 20.1 Å². The van der Waals surface area contributed by atoms with Crippen LogP contribution in [0, 0.1) is 16.0 Å². The number of nitrogens with zero attached hydrogens (tertiary/aromatic N) is 5. The molecule has 3 aromatic rings. The van der Waals surface area contributed by atoms with Gasteiger partial charge in [-0.3, -0.25) is 14.9 Å². The molecule has 0 spiro atoms. The number of anilines is 2. The van der Waals surface area contributed by atoms with E-state index in [0.717, 1.165) is 15.9 Å². The van der Waals surface area contributed by atoms with Gasteiger partial charge in [-0.15, -0.1) is 0 Å². The molecule has 2 aromatic carbocycles. The Morgan fingerprint density at radius 3 is 2.58 bits per heavy atom. The Hall–Kier alpha value is -3.92. The molecule has 1 fully saturated rings. The highest BCUT2D eigenvalue weighted by Crippen LogP contribution is 2.30. The van der Waals surface area contributed by atoms with E-state index in [0.29, 0.717) is 55.9 Å². The van der Waals surface area contributed by atoms with Crippen molar-refractivity contribution >= 4 is 17.1 Å². The van der Waals surface area contributed by atoms with Crippen molar-refractivity contribution in [3.63, 3.8) is 0 Å². The maximum atomic E-state index is 13.7. The summed E-state index contributed by atoms with van der Waals surface area (Å²) in [6.07, 6.45) is 0. The van der Waals surface area contributed by atoms with Crippen molar-refractivity contribution in [2.24, 2.45) is 5.92 Å². The zero-order valence-electron chi connectivity index (χ0n) is 21.0. The van der Waals surface area contributed by atoms with Crippen LogP contribution >= 0.6 is 0 Å². The third kappa shape index (κ3) is 5.33. The van der Waals surface area contributed by atoms with Crippen LogP contribution in [0.1, 0.15) is 13.8 Å². The standard InChI is InChI=1S/C26H31N5O5/c1-18(2)17-28(3)25-16-22(19-6-5-7-21(14-19)35-4)27-30(26(25)32)24-15-20(8-9-23(24)31(33)34)29-10-12-36-13-11-29/h5-9,14-16,18H,10-13,17H2,1-4H3. The monoisotopic (exact) mass is 493 g/mol. The van der Waals surface area contributed by atoms with Gasteiger partial charge in [0, 0.05) is 44.0 Å². The number of rotatable bonds is 8. The SMILES string of the molecule is COc1cccc(-c2cc(N(C)CC(C)C)c(=O)n(-c3cc(N4CCOCC4)ccc3[N+](=O)[O-])n2)c1. The highest BCUT2D eigenvalue weighted by molar-refractivity contribution is 5.68. The lowest BCUT2D eigenvalue weighted by molar-refractivity contribution is -0.384. The number of morpholine rings is 1. The van der Waals surface area contributed by atoms with Crippen LogP contribution in [0.4, 0.5) is 17.1 Å². The van der Waals surface area contributed by atoms with E-state index in [2.05, 4.69) is 23.8 Å². The first-order valence-corrected chi connectivity index (χ1v) is 11.9. The highest BCUT2D eigenvalue weighted by Gasteiger charge is 2.24. The Morgan fingerprint density at radius 2 is 1.92 bits per heavy atom. The van der Waals surface area contributed by atoms with Crippen LogP contribution in [-0.4, -0.2) is 61.7 Å². The van der Waals surface area contributed by atoms with Crippen LogP contribution in [0.2, 0.25) is 0 Å². The molecule has 0 atom stereocenters. The zero-order valence-corrected chi connectivity index (χ0v) is 21.0. The lowest BCUT2D eigenvalue weighted by atomic mass is 10.1. The van der Waals surface area contributed by atoms with E-state index < -0.39 is 10.5 Å². The molecule has 0 aliphatic carbocycles. The molecule has 1 aliphatic rings. The minimum atomic E-state index is -0.484. The second-order valence-corrected chi connectivity index (χ2v) is 9.17. The molecule has 1 saturated heterocycles. The Bertz CT molecular complexity index is 1300. The van der Waals surface area contributed by atoms with E-state index in [1.54, 1.807) is 25.3 Å². The van der Waals surface area contributed by atoms with Crippen LogP contribution in [0.3, 0.4) is 0 Å². The second kappa shape index (κ2) is 10.8. The first kappa shape index (κ1) is 25.2. The van der Waals surface area contributed by atoms with E-state index in [-0.39, 0.29) is 11.4 Å². The van der Waals surface area contributed by atoms with Crippen molar-refractivity contribution in [1.82, 2.24) is 9.78 Å². The number of nitro groups is 1. The fourth-order valence-corrected chi connectivity index (χ4v) is 4.34. The van der Waals surface area contributed by atoms with Gasteiger partial charge in [0.15, 0.2) is 0 Å². The lowest BCUT2D eigenvalue weighted by Gasteiger charge is -2.29. The number of aromatic nitrogens is 2. The summed E-state index contributed by atoms with van der Waals surface area (Å²) in [4.78, 5) is 29.2. The van der Waals surface area contributed by atoms with Crippen LogP contribution in [0.5, 0.6) is 5.75 Å². The molecular formula is C26H31N5O5. The maximum absolute atomic E-state index is 13.7. The van der Waals surface area contributed by atoms with Gasteiger partial charge in [-0.25, -0.2) is 0 Å². The number of hydrogen-bond acceptors (Lipinski definition) is 8. The fraction of sp³-hybridized carbons (Fsp3) is 0.385. The molecular weight excluding hydrogens is 462 g/mol. The Morgan fingerprint density at radius 1 is 1.17 bits per heavy atom. The van der Waals surface area contributed by atoms with Crippen molar-refractivity contribution < 1.29 is 14.4 Å². The maximum Gasteiger partial charge on any atom is 0.295 e. The van der Waals surface area contributed by atoms with Gasteiger partial charge in [0.1, 0.15) is 17.1 Å². The Kier molecular flexibility index (Phi) is 7.54. The molecule has 0 saturated carbocycles. The number of nitro benzene ring substituents is 1. The van der Waals surface area contributed by atoms with E-state index in [1.165, 1.54) is 6.07 Å². The molecule has 0 amide bonds. The predicted octanol–water partition coefficient (Wildman–Crippen LogP) is 3.75. The van der Waals surface area contributed by atoms with Crippen molar-refractivity contribution in [2.75, 3.05) is 56.8 Å². The normalized spacial score (nSPS) is 13.6. The van der Waals surface area contributed by atoms with Crippen LogP contribution in [0.15, 0.2) is 53.3 Å². The summed E-state index contributed by atoms with van der Waals surface area (Å²) in [6, 6.07) is 13.9. The summed E-state index contributed by atoms with van der Waals surface area (Å²) in [7, 11) is 3.42. The molecule has 0 bridgehead atoms. The molecule has 36 heavy (non-hydrogen) atoms. The van der Waals surface area contributed by atoms with Crippen LogP contribution in [-0.2, 0) is 4.74 Å². The van der Waals surface area contributed by atoms with Gasteiger partial charge in [-0.2, -0.15) is 9.78 Å². The molecule has 4 rings (SSSR count). The smallest absolute Gasteiger partial charge is 0.295 e. The van der Waals surface area contributed by atoms with E-state index in [1.807, 2.05) is 36.2 Å². The van der Waals surface area contributed by atoms with Gasteiger partial charge in [0.2, 0.25) is 0 Å². The van der Waals surface area contributed by atoms with Crippen LogP contribution in [0.25, 0.3) is 16.9 Å². The number of ether oxygens (including phenoxy) is 2. The minimum Gasteiger partial charge on any atom is -0.497 e. The Balaban J connectivity index is 1.95. The largest absolute Gasteiger partial charge is 0.497 e. The third-order valence-electron chi connectivity index (χ3n) is 6.07. The van der Waals surface area contributed by atoms with Gasteiger partial charge in [0.25, 0.3) is 11.2 Å². The average Bonchev–Trinajstić information content (AvgIpc) is 2.88. The predicted molar refractivity (Wildman–Crippen MR) is 140 cm³/mol. The summed E-state index contributed by atoms with van der Waals surface area (Å²) < 4.78 is 12.0. The molecule has 10 nitrogen and oxygen atoms in total. The molecule has 0 unspecified atom stereocenters. The molecule has 1 aromatic heterocycles. The third-order valence-corrected chi connectivity index (χ3v) is 6.07. The average molecular weight is 494 g/mol. The van der Waals surface area contributed by atoms with E-state index in [9.17, 15) is 14.9 Å². The second-order valence-electron chi connectivity index (χ2n) is 9.17. The summed E-state index contributed by atoms with van der Waals surface area (Å²) in [6.45, 7) is 7.22. The van der Waals surface area contributed by atoms with E-state index in [4.69, 9.17) is 9.47 Å². The minimum absolute atomic E-state index is 0.123. The fourth-order valence-electron chi connectivity index (χ4n) is 4.34. The van der Waals surface area contributed by atoms with Crippen molar-refractivity contribution in [2.45, 2.75) is 13.8 Å². The first-order chi connectivity index (χ1) is 17.3. The zero-order chi connectivity index (χ0) is 25.8. The van der Waals surface area contributed by atoms with Gasteiger partial charge >= 0.3 is 0 Å². The molecule has 190 valence electrons. The molecule has 0 radical (unpaired) electrons. The molecule has 1 aliphatic heterocycles. The van der Waals surface area contributed by atoms with E-state index >= 15 is 0 Å². The lowest BCUT2D eigenvalue weighted by Crippen LogP contribution is -2.36. The van der Waals surface area contributed by atoms with Gasteiger partial charge in [-0.05, 0) is 36.2 Å². The number of benzene rings is 2. The quantitative estimate of drug-likeness (QED) is 0.345. The first-order valence-electron chi connectivity index (χ1n) is 11.9. The summed E-state index contributed by atoms with van der Waals surface area (Å²) in [5.41, 5.74) is 1.92. The van der Waals surface area contributed by atoms with Gasteiger partial charge < -0.3 is 19.3 Å². The molecule has 2 heterocycles. The molecule has 0 N–H and O–H groups in total. The van der Waals surface area contributed by atoms with Gasteiger partial charge in [0.05, 0.1) is 30.9 Å². The van der Waals surface area contributed by atoms with Crippen molar-refractivity contribution in [3.05, 3.63) is 69.0 Å². The van der Waals surface area contributed by atoms with Crippen molar-refractivity contribution in [3.8, 4) is 22.7 Å². The summed E-state index contributed by atoms with van der Waals surface area (Å²) >= 11 is 0. The molecule has 10 heteroatoms.